The molecule has 0 spiro atoms. The van der Waals surface area contributed by atoms with Crippen molar-refractivity contribution >= 4 is 0 Å². The van der Waals surface area contributed by atoms with Crippen LogP contribution in [0.3, 0.4) is 0 Å². The third-order valence-electron chi connectivity index (χ3n) is 1.87. The molecule has 1 fully saturated rings. The lowest BCUT2D eigenvalue weighted by molar-refractivity contribution is -0.198. The molecule has 1 aliphatic rings. The summed E-state index contributed by atoms with van der Waals surface area (Å²) in [4.78, 5) is 0. The van der Waals surface area contributed by atoms with Gasteiger partial charge in [0.1, 0.15) is 5.60 Å². The number of hydrogen-bond acceptors (Lipinski definition) is 2. The van der Waals surface area contributed by atoms with E-state index in [-0.39, 0.29) is 5.60 Å². The molecule has 1 heterocycles. The van der Waals surface area contributed by atoms with Gasteiger partial charge >= 0.3 is 0 Å². The van der Waals surface area contributed by atoms with E-state index in [4.69, 9.17) is 9.47 Å². The Morgan fingerprint density at radius 3 is 2.33 bits per heavy atom. The van der Waals surface area contributed by atoms with E-state index in [0.717, 1.165) is 19.6 Å². The number of methoxy groups -OCH3 is 1. The first-order chi connectivity index (χ1) is 4.33. The van der Waals surface area contributed by atoms with E-state index < -0.39 is 0 Å². The van der Waals surface area contributed by atoms with Crippen LogP contribution in [0, 0.1) is 0 Å². The van der Waals surface area contributed by atoms with Crippen LogP contribution in [0.1, 0.15) is 19.8 Å². The van der Waals surface area contributed by atoms with Crippen LogP contribution in [0.2, 0.25) is 0 Å². The Labute approximate surface area is 56.2 Å². The highest BCUT2D eigenvalue weighted by Gasteiger charge is 2.37. The lowest BCUT2D eigenvalue weighted by atomic mass is 9.96. The molecule has 0 bridgehead atoms. The summed E-state index contributed by atoms with van der Waals surface area (Å²) in [5, 5.41) is 0. The Hall–Kier alpha value is -0.0800. The van der Waals surface area contributed by atoms with E-state index in [1.807, 2.05) is 0 Å². The summed E-state index contributed by atoms with van der Waals surface area (Å²) in [6.07, 6.45) is 2.31. The molecule has 0 saturated carbocycles. The van der Waals surface area contributed by atoms with Gasteiger partial charge in [-0.1, -0.05) is 13.3 Å². The van der Waals surface area contributed by atoms with Gasteiger partial charge in [0.05, 0.1) is 13.2 Å². The molecule has 1 aliphatic heterocycles. The zero-order valence-corrected chi connectivity index (χ0v) is 6.14. The molecule has 0 atom stereocenters. The summed E-state index contributed by atoms with van der Waals surface area (Å²) in [7, 11) is 1.76. The van der Waals surface area contributed by atoms with Gasteiger partial charge in [0.25, 0.3) is 0 Å². The summed E-state index contributed by atoms with van der Waals surface area (Å²) >= 11 is 0. The topological polar surface area (TPSA) is 18.5 Å². The molecule has 2 nitrogen and oxygen atoms in total. The molecule has 1 saturated heterocycles. The molecule has 0 unspecified atom stereocenters. The normalized spacial score (nSPS) is 23.3. The Balaban J connectivity index is 2.28. The zero-order valence-electron chi connectivity index (χ0n) is 6.14. The van der Waals surface area contributed by atoms with Crippen molar-refractivity contribution in [1.29, 1.82) is 0 Å². The molecule has 0 aromatic heterocycles. The fourth-order valence-electron chi connectivity index (χ4n) is 1.15. The largest absolute Gasteiger partial charge is 0.375 e. The lowest BCUT2D eigenvalue weighted by Gasteiger charge is -2.39. The predicted molar refractivity (Wildman–Crippen MR) is 35.5 cm³/mol. The molecule has 0 amide bonds. The van der Waals surface area contributed by atoms with Crippen LogP contribution in [0.25, 0.3) is 0 Å². The summed E-state index contributed by atoms with van der Waals surface area (Å²) < 4.78 is 10.3. The van der Waals surface area contributed by atoms with Gasteiger partial charge < -0.3 is 9.47 Å². The van der Waals surface area contributed by atoms with Crippen LogP contribution < -0.4 is 0 Å². The summed E-state index contributed by atoms with van der Waals surface area (Å²) in [5.74, 6) is 0. The van der Waals surface area contributed by atoms with Gasteiger partial charge in [0, 0.05) is 7.11 Å². The fraction of sp³-hybridized carbons (Fsp3) is 1.00. The maximum Gasteiger partial charge on any atom is 0.114 e. The van der Waals surface area contributed by atoms with Crippen molar-refractivity contribution < 1.29 is 9.47 Å². The SMILES string of the molecule is CCCC1(OC)COC1. The highest BCUT2D eigenvalue weighted by molar-refractivity contribution is 4.86. The standard InChI is InChI=1S/C7H14O2/c1-3-4-7(8-2)5-9-6-7/h3-6H2,1-2H3. The lowest BCUT2D eigenvalue weighted by Crippen LogP contribution is -2.50. The Bertz CT molecular complexity index is 81.4. The Kier molecular flexibility index (Phi) is 2.09. The van der Waals surface area contributed by atoms with Gasteiger partial charge in [-0.15, -0.1) is 0 Å². The minimum atomic E-state index is 0.0920. The molecule has 2 heteroatoms. The van der Waals surface area contributed by atoms with E-state index in [0.29, 0.717) is 0 Å². The van der Waals surface area contributed by atoms with E-state index in [2.05, 4.69) is 6.92 Å². The van der Waals surface area contributed by atoms with Gasteiger partial charge in [-0.05, 0) is 6.42 Å². The maximum absolute atomic E-state index is 5.29. The van der Waals surface area contributed by atoms with Crippen LogP contribution in [-0.4, -0.2) is 25.9 Å². The molecule has 0 radical (unpaired) electrons. The Morgan fingerprint density at radius 1 is 1.56 bits per heavy atom. The van der Waals surface area contributed by atoms with Crippen LogP contribution in [0.15, 0.2) is 0 Å². The van der Waals surface area contributed by atoms with Gasteiger partial charge in [-0.3, -0.25) is 0 Å². The molecular formula is C7H14O2. The molecule has 0 aromatic rings. The minimum absolute atomic E-state index is 0.0920. The predicted octanol–water partition coefficient (Wildman–Crippen LogP) is 1.20. The van der Waals surface area contributed by atoms with Crippen molar-refractivity contribution in [3.63, 3.8) is 0 Å². The first-order valence-corrected chi connectivity index (χ1v) is 3.46. The molecule has 0 N–H and O–H groups in total. The number of hydrogen-bond donors (Lipinski definition) is 0. The summed E-state index contributed by atoms with van der Waals surface area (Å²) in [6, 6.07) is 0. The minimum Gasteiger partial charge on any atom is -0.375 e. The Morgan fingerprint density at radius 2 is 2.22 bits per heavy atom. The quantitative estimate of drug-likeness (QED) is 0.571. The second-order valence-corrected chi connectivity index (χ2v) is 2.63. The van der Waals surface area contributed by atoms with Gasteiger partial charge in [-0.25, -0.2) is 0 Å². The third-order valence-corrected chi connectivity index (χ3v) is 1.87. The first-order valence-electron chi connectivity index (χ1n) is 3.46. The highest BCUT2D eigenvalue weighted by atomic mass is 16.6. The molecular weight excluding hydrogens is 116 g/mol. The summed E-state index contributed by atoms with van der Waals surface area (Å²) in [5.41, 5.74) is 0.0920. The third kappa shape index (κ3) is 1.25. The van der Waals surface area contributed by atoms with Crippen molar-refractivity contribution in [1.82, 2.24) is 0 Å². The number of ether oxygens (including phenoxy) is 2. The molecule has 54 valence electrons. The zero-order chi connectivity index (χ0) is 6.74. The second-order valence-electron chi connectivity index (χ2n) is 2.63. The first kappa shape index (κ1) is 7.03. The van der Waals surface area contributed by atoms with Crippen LogP contribution in [0.4, 0.5) is 0 Å². The van der Waals surface area contributed by atoms with Crippen LogP contribution >= 0.6 is 0 Å². The average Bonchev–Trinajstić information content (AvgIpc) is 1.79. The van der Waals surface area contributed by atoms with Crippen molar-refractivity contribution in [3.8, 4) is 0 Å². The van der Waals surface area contributed by atoms with Crippen LogP contribution in [0.5, 0.6) is 0 Å². The van der Waals surface area contributed by atoms with Crippen molar-refractivity contribution in [3.05, 3.63) is 0 Å². The van der Waals surface area contributed by atoms with E-state index in [1.165, 1.54) is 6.42 Å². The van der Waals surface area contributed by atoms with Crippen molar-refractivity contribution in [2.45, 2.75) is 25.4 Å². The van der Waals surface area contributed by atoms with Gasteiger partial charge in [-0.2, -0.15) is 0 Å². The fourth-order valence-corrected chi connectivity index (χ4v) is 1.15. The molecule has 9 heavy (non-hydrogen) atoms. The molecule has 0 aliphatic carbocycles. The number of rotatable bonds is 3. The second kappa shape index (κ2) is 2.67. The monoisotopic (exact) mass is 130 g/mol. The average molecular weight is 130 g/mol. The maximum atomic E-state index is 5.29. The highest BCUT2D eigenvalue weighted by Crippen LogP contribution is 2.25. The smallest absolute Gasteiger partial charge is 0.114 e. The van der Waals surface area contributed by atoms with Crippen molar-refractivity contribution in [2.24, 2.45) is 0 Å². The van der Waals surface area contributed by atoms with E-state index >= 15 is 0 Å². The molecule has 0 aromatic carbocycles. The van der Waals surface area contributed by atoms with Gasteiger partial charge in [0.2, 0.25) is 0 Å². The van der Waals surface area contributed by atoms with E-state index in [1.54, 1.807) is 7.11 Å². The van der Waals surface area contributed by atoms with E-state index in [9.17, 15) is 0 Å². The summed E-state index contributed by atoms with van der Waals surface area (Å²) in [6.45, 7) is 3.74. The van der Waals surface area contributed by atoms with Gasteiger partial charge in [0.15, 0.2) is 0 Å². The molecule has 1 rings (SSSR count). The van der Waals surface area contributed by atoms with Crippen molar-refractivity contribution in [2.75, 3.05) is 20.3 Å². The van der Waals surface area contributed by atoms with Crippen LogP contribution in [-0.2, 0) is 9.47 Å².